The summed E-state index contributed by atoms with van der Waals surface area (Å²) >= 11 is 0. The van der Waals surface area contributed by atoms with Crippen molar-refractivity contribution in [1.29, 1.82) is 0 Å². The molecule has 0 saturated heterocycles. The molecule has 0 atom stereocenters. The van der Waals surface area contributed by atoms with Gasteiger partial charge in [0.2, 0.25) is 10.0 Å². The second kappa shape index (κ2) is 7.31. The lowest BCUT2D eigenvalue weighted by atomic mass is 10.3. The van der Waals surface area contributed by atoms with E-state index in [4.69, 9.17) is 14.2 Å². The first-order chi connectivity index (χ1) is 9.85. The summed E-state index contributed by atoms with van der Waals surface area (Å²) in [5, 5.41) is 10.9. The van der Waals surface area contributed by atoms with Gasteiger partial charge in [0.25, 0.3) is 0 Å². The number of hydrogen-bond acceptors (Lipinski definition) is 7. The van der Waals surface area contributed by atoms with Crippen molar-refractivity contribution in [1.82, 2.24) is 4.72 Å². The molecular formula is C11H16N2O7S. The van der Waals surface area contributed by atoms with Gasteiger partial charge in [0.15, 0.2) is 12.0 Å². The van der Waals surface area contributed by atoms with Gasteiger partial charge in [-0.2, -0.15) is 0 Å². The van der Waals surface area contributed by atoms with Crippen LogP contribution in [0.5, 0.6) is 5.75 Å². The molecule has 0 heterocycles. The summed E-state index contributed by atoms with van der Waals surface area (Å²) in [5.74, 6) is -0.0226. The molecule has 0 aliphatic carbocycles. The van der Waals surface area contributed by atoms with E-state index in [-0.39, 0.29) is 17.2 Å². The molecule has 0 aromatic heterocycles. The fourth-order valence-corrected chi connectivity index (χ4v) is 2.54. The van der Waals surface area contributed by atoms with Gasteiger partial charge in [0, 0.05) is 20.3 Å². The number of rotatable bonds is 8. The van der Waals surface area contributed by atoms with Crippen molar-refractivity contribution in [2.24, 2.45) is 0 Å². The predicted molar refractivity (Wildman–Crippen MR) is 72.6 cm³/mol. The van der Waals surface area contributed by atoms with Crippen LogP contribution in [0.15, 0.2) is 23.1 Å². The molecule has 10 heteroatoms. The third-order valence-electron chi connectivity index (χ3n) is 2.62. The molecule has 0 amide bonds. The average Bonchev–Trinajstić information content (AvgIpc) is 2.47. The molecule has 21 heavy (non-hydrogen) atoms. The summed E-state index contributed by atoms with van der Waals surface area (Å²) in [6.45, 7) is -0.130. The van der Waals surface area contributed by atoms with E-state index in [1.807, 2.05) is 0 Å². The molecule has 0 saturated carbocycles. The molecule has 1 rings (SSSR count). The SMILES string of the molecule is COc1ccc(S(=O)(=O)NCC(OC)OC)cc1[N+](=O)[O-]. The van der Waals surface area contributed by atoms with Gasteiger partial charge in [-0.15, -0.1) is 0 Å². The Hall–Kier alpha value is -1.75. The van der Waals surface area contributed by atoms with Crippen molar-refractivity contribution in [3.8, 4) is 5.75 Å². The van der Waals surface area contributed by atoms with Gasteiger partial charge >= 0.3 is 5.69 Å². The van der Waals surface area contributed by atoms with E-state index in [1.54, 1.807) is 0 Å². The van der Waals surface area contributed by atoms with Crippen LogP contribution in [0.1, 0.15) is 0 Å². The molecule has 1 aromatic carbocycles. The first kappa shape index (κ1) is 17.3. The Labute approximate surface area is 122 Å². The Balaban J connectivity index is 3.03. The Morgan fingerprint density at radius 1 is 1.29 bits per heavy atom. The molecule has 0 spiro atoms. The van der Waals surface area contributed by atoms with E-state index in [9.17, 15) is 18.5 Å². The van der Waals surface area contributed by atoms with Crippen molar-refractivity contribution >= 4 is 15.7 Å². The van der Waals surface area contributed by atoms with Crippen LogP contribution in [0.4, 0.5) is 5.69 Å². The van der Waals surface area contributed by atoms with E-state index in [1.165, 1.54) is 33.5 Å². The van der Waals surface area contributed by atoms with Crippen molar-refractivity contribution in [2.45, 2.75) is 11.2 Å². The van der Waals surface area contributed by atoms with E-state index in [0.717, 1.165) is 6.07 Å². The maximum Gasteiger partial charge on any atom is 0.312 e. The van der Waals surface area contributed by atoms with Crippen LogP contribution >= 0.6 is 0 Å². The first-order valence-electron chi connectivity index (χ1n) is 5.73. The first-order valence-corrected chi connectivity index (χ1v) is 7.21. The quantitative estimate of drug-likeness (QED) is 0.421. The molecule has 0 unspecified atom stereocenters. The number of nitro groups is 1. The second-order valence-electron chi connectivity index (χ2n) is 3.84. The number of ether oxygens (including phenoxy) is 3. The largest absolute Gasteiger partial charge is 0.490 e. The number of nitro benzene ring substituents is 1. The summed E-state index contributed by atoms with van der Waals surface area (Å²) in [6, 6.07) is 3.36. The van der Waals surface area contributed by atoms with E-state index < -0.39 is 26.9 Å². The van der Waals surface area contributed by atoms with E-state index >= 15 is 0 Å². The standard InChI is InChI=1S/C11H16N2O7S/c1-18-10-5-4-8(6-9(10)13(14)15)21(16,17)12-7-11(19-2)20-3/h4-6,11-12H,7H2,1-3H3. The Morgan fingerprint density at radius 3 is 2.38 bits per heavy atom. The zero-order valence-corrected chi connectivity index (χ0v) is 12.5. The van der Waals surface area contributed by atoms with Gasteiger partial charge in [0.05, 0.1) is 23.5 Å². The zero-order valence-electron chi connectivity index (χ0n) is 11.7. The predicted octanol–water partition coefficient (Wildman–Crippen LogP) is 0.501. The van der Waals surface area contributed by atoms with Gasteiger partial charge in [-0.25, -0.2) is 13.1 Å². The van der Waals surface area contributed by atoms with Gasteiger partial charge < -0.3 is 14.2 Å². The van der Waals surface area contributed by atoms with Crippen LogP contribution in [-0.4, -0.2) is 47.5 Å². The van der Waals surface area contributed by atoms with Gasteiger partial charge in [-0.05, 0) is 12.1 Å². The van der Waals surface area contributed by atoms with Crippen LogP contribution in [-0.2, 0) is 19.5 Å². The molecule has 9 nitrogen and oxygen atoms in total. The van der Waals surface area contributed by atoms with Crippen molar-refractivity contribution < 1.29 is 27.6 Å². The summed E-state index contributed by atoms with van der Waals surface area (Å²) in [7, 11) is 0.0575. The zero-order chi connectivity index (χ0) is 16.0. The number of benzene rings is 1. The van der Waals surface area contributed by atoms with Crippen molar-refractivity contribution in [3.05, 3.63) is 28.3 Å². The molecule has 0 radical (unpaired) electrons. The summed E-state index contributed by atoms with van der Waals surface area (Å²) < 4.78 is 40.9. The Bertz CT molecular complexity index is 599. The molecule has 0 aliphatic rings. The van der Waals surface area contributed by atoms with Crippen molar-refractivity contribution in [2.75, 3.05) is 27.9 Å². The number of nitrogens with one attached hydrogen (secondary N) is 1. The highest BCUT2D eigenvalue weighted by Crippen LogP contribution is 2.29. The lowest BCUT2D eigenvalue weighted by molar-refractivity contribution is -0.386. The summed E-state index contributed by atoms with van der Waals surface area (Å²) in [6.07, 6.45) is -0.756. The van der Waals surface area contributed by atoms with Crippen LogP contribution in [0.2, 0.25) is 0 Å². The van der Waals surface area contributed by atoms with E-state index in [0.29, 0.717) is 0 Å². The smallest absolute Gasteiger partial charge is 0.312 e. The molecule has 1 N–H and O–H groups in total. The molecule has 0 fully saturated rings. The minimum absolute atomic E-state index is 0.0226. The second-order valence-corrected chi connectivity index (χ2v) is 5.61. The number of methoxy groups -OCH3 is 3. The fraction of sp³-hybridized carbons (Fsp3) is 0.455. The minimum atomic E-state index is -3.93. The topological polar surface area (TPSA) is 117 Å². The normalized spacial score (nSPS) is 11.6. The maximum atomic E-state index is 12.1. The van der Waals surface area contributed by atoms with Crippen LogP contribution < -0.4 is 9.46 Å². The molecular weight excluding hydrogens is 304 g/mol. The number of hydrogen-bond donors (Lipinski definition) is 1. The molecule has 0 bridgehead atoms. The average molecular weight is 320 g/mol. The van der Waals surface area contributed by atoms with Crippen LogP contribution in [0.3, 0.4) is 0 Å². The highest BCUT2D eigenvalue weighted by molar-refractivity contribution is 7.89. The van der Waals surface area contributed by atoms with Crippen LogP contribution in [0.25, 0.3) is 0 Å². The molecule has 1 aromatic rings. The van der Waals surface area contributed by atoms with E-state index in [2.05, 4.69) is 4.72 Å². The summed E-state index contributed by atoms with van der Waals surface area (Å²) in [5.41, 5.74) is -0.435. The third kappa shape index (κ3) is 4.36. The van der Waals surface area contributed by atoms with Crippen molar-refractivity contribution in [3.63, 3.8) is 0 Å². The molecule has 0 aliphatic heterocycles. The highest BCUT2D eigenvalue weighted by atomic mass is 32.2. The fourth-order valence-electron chi connectivity index (χ4n) is 1.50. The molecule has 118 valence electrons. The van der Waals surface area contributed by atoms with Gasteiger partial charge in [0.1, 0.15) is 0 Å². The lowest BCUT2D eigenvalue weighted by Crippen LogP contribution is -2.34. The lowest BCUT2D eigenvalue weighted by Gasteiger charge is -2.14. The summed E-state index contributed by atoms with van der Waals surface area (Å²) in [4.78, 5) is 9.92. The van der Waals surface area contributed by atoms with Gasteiger partial charge in [-0.3, -0.25) is 10.1 Å². The maximum absolute atomic E-state index is 12.1. The minimum Gasteiger partial charge on any atom is -0.490 e. The number of sulfonamides is 1. The Morgan fingerprint density at radius 2 is 1.90 bits per heavy atom. The Kier molecular flexibility index (Phi) is 6.03. The van der Waals surface area contributed by atoms with Crippen LogP contribution in [0, 0.1) is 10.1 Å². The monoisotopic (exact) mass is 320 g/mol. The third-order valence-corrected chi connectivity index (χ3v) is 4.04. The van der Waals surface area contributed by atoms with Gasteiger partial charge in [-0.1, -0.05) is 0 Å². The highest BCUT2D eigenvalue weighted by Gasteiger charge is 2.22. The number of nitrogens with zero attached hydrogens (tertiary/aromatic N) is 1.